The van der Waals surface area contributed by atoms with Gasteiger partial charge >= 0.3 is 6.18 Å². The van der Waals surface area contributed by atoms with E-state index in [2.05, 4.69) is 0 Å². The number of ether oxygens (including phenoxy) is 1. The van der Waals surface area contributed by atoms with Gasteiger partial charge < -0.3 is 14.5 Å². The fourth-order valence-corrected chi connectivity index (χ4v) is 2.74. The number of halogens is 4. The molecule has 1 aromatic rings. The summed E-state index contributed by atoms with van der Waals surface area (Å²) >= 11 is 5.98. The number of carbonyl (C=O) groups is 2. The second-order valence-corrected chi connectivity index (χ2v) is 5.98. The summed E-state index contributed by atoms with van der Waals surface area (Å²) in [5.41, 5.74) is -0.962. The maximum absolute atomic E-state index is 12.9. The molecule has 2 rings (SSSR count). The lowest BCUT2D eigenvalue weighted by Gasteiger charge is -2.28. The van der Waals surface area contributed by atoms with Gasteiger partial charge in [-0.05, 0) is 18.2 Å². The van der Waals surface area contributed by atoms with Gasteiger partial charge in [0.15, 0.2) is 0 Å². The zero-order valence-corrected chi connectivity index (χ0v) is 14.4. The van der Waals surface area contributed by atoms with E-state index < -0.39 is 17.6 Å². The van der Waals surface area contributed by atoms with Crippen molar-refractivity contribution in [1.82, 2.24) is 4.90 Å². The van der Waals surface area contributed by atoms with Gasteiger partial charge in [-0.2, -0.15) is 13.2 Å². The summed E-state index contributed by atoms with van der Waals surface area (Å²) < 4.78 is 43.9. The normalized spacial score (nSPS) is 15.2. The van der Waals surface area contributed by atoms with Crippen molar-refractivity contribution in [2.24, 2.45) is 0 Å². The van der Waals surface area contributed by atoms with Crippen molar-refractivity contribution in [2.75, 3.05) is 37.7 Å². The molecule has 0 unspecified atom stereocenters. The van der Waals surface area contributed by atoms with Crippen LogP contribution in [0.2, 0.25) is 5.02 Å². The molecule has 5 nitrogen and oxygen atoms in total. The van der Waals surface area contributed by atoms with Crippen LogP contribution in [0.25, 0.3) is 0 Å². The molecule has 1 fully saturated rings. The Labute approximate surface area is 148 Å². The summed E-state index contributed by atoms with van der Waals surface area (Å²) in [4.78, 5) is 26.8. The Hall–Kier alpha value is -1.80. The first kappa shape index (κ1) is 19.5. The van der Waals surface area contributed by atoms with Crippen LogP contribution in [0.5, 0.6) is 0 Å². The van der Waals surface area contributed by atoms with Gasteiger partial charge in [0.2, 0.25) is 11.8 Å². The van der Waals surface area contributed by atoms with Gasteiger partial charge in [0, 0.05) is 33.0 Å². The zero-order chi connectivity index (χ0) is 18.6. The maximum atomic E-state index is 12.9. The Morgan fingerprint density at radius 1 is 1.28 bits per heavy atom. The molecule has 2 amide bonds. The fourth-order valence-electron chi connectivity index (χ4n) is 2.52. The third kappa shape index (κ3) is 5.09. The summed E-state index contributed by atoms with van der Waals surface area (Å²) in [6, 6.07) is 2.77. The first-order chi connectivity index (χ1) is 11.7. The van der Waals surface area contributed by atoms with Crippen molar-refractivity contribution in [2.45, 2.75) is 19.5 Å². The molecule has 0 spiro atoms. The SMILES string of the molecule is CC(=O)N(CCC(=O)N1CCOCC1)c1cc(C(F)(F)F)ccc1Cl. The van der Waals surface area contributed by atoms with E-state index in [9.17, 15) is 22.8 Å². The summed E-state index contributed by atoms with van der Waals surface area (Å²) in [6.07, 6.45) is -4.56. The Balaban J connectivity index is 2.15. The minimum absolute atomic E-state index is 0.00778. The van der Waals surface area contributed by atoms with E-state index in [1.54, 1.807) is 4.90 Å². The van der Waals surface area contributed by atoms with Gasteiger partial charge in [-0.3, -0.25) is 9.59 Å². The summed E-state index contributed by atoms with van der Waals surface area (Å²) in [5, 5.41) is 0.0158. The van der Waals surface area contributed by atoms with Gasteiger partial charge in [0.05, 0.1) is 29.5 Å². The number of benzene rings is 1. The lowest BCUT2D eigenvalue weighted by atomic mass is 10.1. The van der Waals surface area contributed by atoms with E-state index in [-0.39, 0.29) is 29.6 Å². The molecule has 1 aliphatic rings. The van der Waals surface area contributed by atoms with Gasteiger partial charge in [-0.1, -0.05) is 11.6 Å². The number of hydrogen-bond donors (Lipinski definition) is 0. The largest absolute Gasteiger partial charge is 0.416 e. The van der Waals surface area contributed by atoms with Crippen LogP contribution in [-0.4, -0.2) is 49.6 Å². The van der Waals surface area contributed by atoms with Crippen LogP contribution in [-0.2, 0) is 20.5 Å². The van der Waals surface area contributed by atoms with E-state index in [0.717, 1.165) is 23.1 Å². The third-order valence-electron chi connectivity index (χ3n) is 3.86. The Kier molecular flexibility index (Phi) is 6.29. The standard InChI is InChI=1S/C16H18ClF3N2O3/c1-11(23)22(5-4-15(24)21-6-8-25-9-7-21)14-10-12(16(18,19)20)2-3-13(14)17/h2-3,10H,4-9H2,1H3. The lowest BCUT2D eigenvalue weighted by Crippen LogP contribution is -2.42. The molecule has 0 N–H and O–H groups in total. The molecule has 0 atom stereocenters. The number of anilines is 1. The second-order valence-electron chi connectivity index (χ2n) is 5.58. The van der Waals surface area contributed by atoms with Crippen LogP contribution in [0.15, 0.2) is 18.2 Å². The van der Waals surface area contributed by atoms with E-state index in [4.69, 9.17) is 16.3 Å². The molecule has 9 heteroatoms. The molecule has 1 aliphatic heterocycles. The molecule has 1 aromatic carbocycles. The van der Waals surface area contributed by atoms with Crippen LogP contribution in [0, 0.1) is 0 Å². The minimum atomic E-state index is -4.55. The smallest absolute Gasteiger partial charge is 0.378 e. The van der Waals surface area contributed by atoms with Crippen molar-refractivity contribution in [1.29, 1.82) is 0 Å². The molecular weight excluding hydrogens is 361 g/mol. The average Bonchev–Trinajstić information content (AvgIpc) is 2.55. The Morgan fingerprint density at radius 3 is 2.48 bits per heavy atom. The summed E-state index contributed by atoms with van der Waals surface area (Å²) in [5.74, 6) is -0.673. The molecule has 0 bridgehead atoms. The predicted molar refractivity (Wildman–Crippen MR) is 86.5 cm³/mol. The van der Waals surface area contributed by atoms with Gasteiger partial charge in [-0.15, -0.1) is 0 Å². The number of alkyl halides is 3. The first-order valence-corrected chi connectivity index (χ1v) is 8.08. The van der Waals surface area contributed by atoms with Crippen LogP contribution < -0.4 is 4.90 Å². The summed E-state index contributed by atoms with van der Waals surface area (Å²) in [6.45, 7) is 2.98. The topological polar surface area (TPSA) is 49.9 Å². The van der Waals surface area contributed by atoms with E-state index in [1.165, 1.54) is 6.92 Å². The summed E-state index contributed by atoms with van der Waals surface area (Å²) in [7, 11) is 0. The van der Waals surface area contributed by atoms with Gasteiger partial charge in [-0.25, -0.2) is 0 Å². The first-order valence-electron chi connectivity index (χ1n) is 7.70. The van der Waals surface area contributed by atoms with Crippen LogP contribution in [0.3, 0.4) is 0 Å². The van der Waals surface area contributed by atoms with Crippen LogP contribution >= 0.6 is 11.6 Å². The molecule has 1 heterocycles. The minimum Gasteiger partial charge on any atom is -0.378 e. The highest BCUT2D eigenvalue weighted by atomic mass is 35.5. The molecule has 1 saturated heterocycles. The number of amides is 2. The predicted octanol–water partition coefficient (Wildman–Crippen LogP) is 2.96. The van der Waals surface area contributed by atoms with Crippen molar-refractivity contribution < 1.29 is 27.5 Å². The maximum Gasteiger partial charge on any atom is 0.416 e. The highest BCUT2D eigenvalue weighted by molar-refractivity contribution is 6.33. The number of nitrogens with zero attached hydrogens (tertiary/aromatic N) is 2. The number of rotatable bonds is 4. The van der Waals surface area contributed by atoms with E-state index in [1.807, 2.05) is 0 Å². The van der Waals surface area contributed by atoms with Crippen LogP contribution in [0.1, 0.15) is 18.9 Å². The van der Waals surface area contributed by atoms with Crippen molar-refractivity contribution in [3.05, 3.63) is 28.8 Å². The average molecular weight is 379 g/mol. The van der Waals surface area contributed by atoms with Gasteiger partial charge in [0.25, 0.3) is 0 Å². The van der Waals surface area contributed by atoms with Crippen molar-refractivity contribution in [3.8, 4) is 0 Å². The number of morpholine rings is 1. The van der Waals surface area contributed by atoms with Crippen molar-refractivity contribution >= 4 is 29.1 Å². The highest BCUT2D eigenvalue weighted by Gasteiger charge is 2.32. The fraction of sp³-hybridized carbons (Fsp3) is 0.500. The second kappa shape index (κ2) is 8.05. The molecule has 0 aromatic heterocycles. The molecule has 138 valence electrons. The Morgan fingerprint density at radius 2 is 1.92 bits per heavy atom. The Bertz CT molecular complexity index is 646. The van der Waals surface area contributed by atoms with Crippen LogP contribution in [0.4, 0.5) is 18.9 Å². The molecule has 0 radical (unpaired) electrons. The highest BCUT2D eigenvalue weighted by Crippen LogP contribution is 2.35. The number of hydrogen-bond acceptors (Lipinski definition) is 3. The molecule has 25 heavy (non-hydrogen) atoms. The molecule has 0 aliphatic carbocycles. The third-order valence-corrected chi connectivity index (χ3v) is 4.18. The molecule has 0 saturated carbocycles. The van der Waals surface area contributed by atoms with E-state index in [0.29, 0.717) is 26.3 Å². The van der Waals surface area contributed by atoms with E-state index >= 15 is 0 Å². The van der Waals surface area contributed by atoms with Gasteiger partial charge in [0.1, 0.15) is 0 Å². The quantitative estimate of drug-likeness (QED) is 0.809. The zero-order valence-electron chi connectivity index (χ0n) is 13.6. The lowest BCUT2D eigenvalue weighted by molar-refractivity contribution is -0.138. The molecular formula is C16H18ClF3N2O3. The number of carbonyl (C=O) groups excluding carboxylic acids is 2. The monoisotopic (exact) mass is 378 g/mol. The van der Waals surface area contributed by atoms with Crippen molar-refractivity contribution in [3.63, 3.8) is 0 Å².